The maximum Gasteiger partial charge on any atom is 0.224 e. The van der Waals surface area contributed by atoms with Crippen LogP contribution in [0.3, 0.4) is 0 Å². The van der Waals surface area contributed by atoms with Gasteiger partial charge >= 0.3 is 0 Å². The largest absolute Gasteiger partial charge is 0.325 e. The normalized spacial score (nSPS) is 16.1. The Hall–Kier alpha value is -0.480. The highest BCUT2D eigenvalue weighted by Gasteiger charge is 2.15. The summed E-state index contributed by atoms with van der Waals surface area (Å²) in [7, 11) is 0. The minimum Gasteiger partial charge on any atom is -0.325 e. The number of piperidine rings is 1. The summed E-state index contributed by atoms with van der Waals surface area (Å²) in [5, 5.41) is 7.26. The van der Waals surface area contributed by atoms with Crippen LogP contribution in [0.5, 0.6) is 0 Å². The van der Waals surface area contributed by atoms with Gasteiger partial charge in [0.25, 0.3) is 0 Å². The van der Waals surface area contributed by atoms with Gasteiger partial charge in [-0.2, -0.15) is 0 Å². The molecule has 0 atom stereocenters. The molecule has 0 aliphatic carbocycles. The summed E-state index contributed by atoms with van der Waals surface area (Å²) in [6, 6.07) is 3.11. The highest BCUT2D eigenvalue weighted by molar-refractivity contribution is 6.44. The molecule has 3 nitrogen and oxygen atoms in total. The SMILES string of the molecule is O=C(CCC1CCNCC1)Nc1cc(Cl)c(Cl)cc1Cl. The molecule has 6 heteroatoms. The van der Waals surface area contributed by atoms with Crippen LogP contribution >= 0.6 is 34.8 Å². The molecule has 0 saturated carbocycles. The van der Waals surface area contributed by atoms with Crippen molar-refractivity contribution in [3.05, 3.63) is 27.2 Å². The molecule has 2 rings (SSSR count). The number of carbonyl (C=O) groups is 1. The van der Waals surface area contributed by atoms with Gasteiger partial charge in [0.1, 0.15) is 0 Å². The maximum absolute atomic E-state index is 11.9. The zero-order valence-corrected chi connectivity index (χ0v) is 13.3. The van der Waals surface area contributed by atoms with Crippen LogP contribution in [-0.4, -0.2) is 19.0 Å². The first kappa shape index (κ1) is 15.9. The molecule has 1 aliphatic heterocycles. The summed E-state index contributed by atoms with van der Waals surface area (Å²) >= 11 is 17.8. The molecule has 2 N–H and O–H groups in total. The monoisotopic (exact) mass is 334 g/mol. The van der Waals surface area contributed by atoms with E-state index in [1.165, 1.54) is 6.07 Å². The Morgan fingerprint density at radius 3 is 2.50 bits per heavy atom. The molecule has 0 unspecified atom stereocenters. The molecule has 1 aliphatic rings. The van der Waals surface area contributed by atoms with Crippen molar-refractivity contribution in [1.82, 2.24) is 5.32 Å². The fraction of sp³-hybridized carbons (Fsp3) is 0.500. The van der Waals surface area contributed by atoms with Crippen LogP contribution in [0, 0.1) is 5.92 Å². The Bertz CT molecular complexity index is 488. The van der Waals surface area contributed by atoms with Crippen molar-refractivity contribution in [3.8, 4) is 0 Å². The second-order valence-corrected chi connectivity index (χ2v) is 6.25. The molecule has 1 aromatic carbocycles. The fourth-order valence-electron chi connectivity index (χ4n) is 2.34. The van der Waals surface area contributed by atoms with E-state index in [2.05, 4.69) is 10.6 Å². The number of hydrogen-bond donors (Lipinski definition) is 2. The molecule has 0 spiro atoms. The number of halogens is 3. The Morgan fingerprint density at radius 1 is 1.15 bits per heavy atom. The third-order valence-corrected chi connectivity index (χ3v) is 4.56. The number of hydrogen-bond acceptors (Lipinski definition) is 2. The van der Waals surface area contributed by atoms with Crippen LogP contribution in [0.1, 0.15) is 25.7 Å². The Morgan fingerprint density at radius 2 is 1.80 bits per heavy atom. The van der Waals surface area contributed by atoms with Crippen LogP contribution in [-0.2, 0) is 4.79 Å². The topological polar surface area (TPSA) is 41.1 Å². The Labute approximate surface area is 134 Å². The zero-order chi connectivity index (χ0) is 14.5. The number of carbonyl (C=O) groups excluding carboxylic acids is 1. The lowest BCUT2D eigenvalue weighted by molar-refractivity contribution is -0.116. The smallest absolute Gasteiger partial charge is 0.224 e. The van der Waals surface area contributed by atoms with Crippen molar-refractivity contribution in [2.45, 2.75) is 25.7 Å². The lowest BCUT2D eigenvalue weighted by atomic mass is 9.93. The molecule has 1 aromatic rings. The summed E-state index contributed by atoms with van der Waals surface area (Å²) in [5.74, 6) is 0.593. The van der Waals surface area contributed by atoms with E-state index in [0.29, 0.717) is 33.1 Å². The molecule has 1 fully saturated rings. The van der Waals surface area contributed by atoms with Gasteiger partial charge in [0.15, 0.2) is 0 Å². The van der Waals surface area contributed by atoms with Crippen molar-refractivity contribution in [1.29, 1.82) is 0 Å². The average molecular weight is 336 g/mol. The third-order valence-electron chi connectivity index (χ3n) is 3.52. The zero-order valence-electron chi connectivity index (χ0n) is 11.0. The molecular formula is C14H17Cl3N2O. The quantitative estimate of drug-likeness (QED) is 0.802. The molecule has 0 aromatic heterocycles. The van der Waals surface area contributed by atoms with E-state index in [-0.39, 0.29) is 5.91 Å². The van der Waals surface area contributed by atoms with Crippen LogP contribution in [0.25, 0.3) is 0 Å². The summed E-state index contributed by atoms with van der Waals surface area (Å²) in [6.45, 7) is 2.09. The standard InChI is InChI=1S/C14H17Cl3N2O/c15-10-7-12(17)13(8-11(10)16)19-14(20)2-1-9-3-5-18-6-4-9/h7-9,18H,1-6H2,(H,19,20). The van der Waals surface area contributed by atoms with Crippen LogP contribution in [0.15, 0.2) is 12.1 Å². The Kier molecular flexibility index (Phi) is 5.97. The van der Waals surface area contributed by atoms with E-state index in [0.717, 1.165) is 32.4 Å². The highest BCUT2D eigenvalue weighted by Crippen LogP contribution is 2.32. The summed E-state index contributed by atoms with van der Waals surface area (Å²) in [6.07, 6.45) is 3.69. The van der Waals surface area contributed by atoms with Gasteiger partial charge in [-0.1, -0.05) is 34.8 Å². The van der Waals surface area contributed by atoms with Crippen molar-refractivity contribution in [2.24, 2.45) is 5.92 Å². The molecule has 1 amide bonds. The lowest BCUT2D eigenvalue weighted by Gasteiger charge is -2.22. The molecule has 110 valence electrons. The first-order valence-corrected chi connectivity index (χ1v) is 7.85. The van der Waals surface area contributed by atoms with Gasteiger partial charge in [-0.15, -0.1) is 0 Å². The predicted molar refractivity (Wildman–Crippen MR) is 84.9 cm³/mol. The Balaban J connectivity index is 1.86. The number of rotatable bonds is 4. The van der Waals surface area contributed by atoms with Gasteiger partial charge in [-0.05, 0) is 50.4 Å². The molecular weight excluding hydrogens is 319 g/mol. The second kappa shape index (κ2) is 7.51. The van der Waals surface area contributed by atoms with Gasteiger partial charge in [-0.3, -0.25) is 4.79 Å². The minimum absolute atomic E-state index is 0.0381. The van der Waals surface area contributed by atoms with E-state index in [4.69, 9.17) is 34.8 Å². The summed E-state index contributed by atoms with van der Waals surface area (Å²) in [4.78, 5) is 11.9. The van der Waals surface area contributed by atoms with Gasteiger partial charge in [0.05, 0.1) is 20.8 Å². The van der Waals surface area contributed by atoms with Crippen LogP contribution in [0.4, 0.5) is 5.69 Å². The van der Waals surface area contributed by atoms with E-state index in [9.17, 15) is 4.79 Å². The van der Waals surface area contributed by atoms with Crippen molar-refractivity contribution < 1.29 is 4.79 Å². The third kappa shape index (κ3) is 4.52. The predicted octanol–water partition coefficient (Wildman–Crippen LogP) is 4.37. The first-order chi connectivity index (χ1) is 9.56. The maximum atomic E-state index is 11.9. The number of amides is 1. The van der Waals surface area contributed by atoms with Gasteiger partial charge in [0.2, 0.25) is 5.91 Å². The van der Waals surface area contributed by atoms with Crippen molar-refractivity contribution >= 4 is 46.4 Å². The molecule has 0 bridgehead atoms. The molecule has 20 heavy (non-hydrogen) atoms. The summed E-state index contributed by atoms with van der Waals surface area (Å²) < 4.78 is 0. The van der Waals surface area contributed by atoms with Crippen molar-refractivity contribution in [3.63, 3.8) is 0 Å². The van der Waals surface area contributed by atoms with Gasteiger partial charge in [0, 0.05) is 6.42 Å². The molecule has 1 saturated heterocycles. The minimum atomic E-state index is -0.0381. The lowest BCUT2D eigenvalue weighted by Crippen LogP contribution is -2.28. The number of anilines is 1. The van der Waals surface area contributed by atoms with Gasteiger partial charge < -0.3 is 10.6 Å². The van der Waals surface area contributed by atoms with Crippen LogP contribution in [0.2, 0.25) is 15.1 Å². The van der Waals surface area contributed by atoms with Crippen molar-refractivity contribution in [2.75, 3.05) is 18.4 Å². The van der Waals surface area contributed by atoms with E-state index in [1.54, 1.807) is 6.07 Å². The van der Waals surface area contributed by atoms with Crippen LogP contribution < -0.4 is 10.6 Å². The van der Waals surface area contributed by atoms with E-state index < -0.39 is 0 Å². The highest BCUT2D eigenvalue weighted by atomic mass is 35.5. The second-order valence-electron chi connectivity index (χ2n) is 5.03. The summed E-state index contributed by atoms with van der Waals surface area (Å²) in [5.41, 5.74) is 0.511. The first-order valence-electron chi connectivity index (χ1n) is 6.71. The van der Waals surface area contributed by atoms with E-state index in [1.807, 2.05) is 0 Å². The van der Waals surface area contributed by atoms with E-state index >= 15 is 0 Å². The average Bonchev–Trinajstić information content (AvgIpc) is 2.44. The number of benzene rings is 1. The molecule has 0 radical (unpaired) electrons. The van der Waals surface area contributed by atoms with Gasteiger partial charge in [-0.25, -0.2) is 0 Å². The number of nitrogens with one attached hydrogen (secondary N) is 2. The fourth-order valence-corrected chi connectivity index (χ4v) is 2.93. The molecule has 1 heterocycles.